The van der Waals surface area contributed by atoms with Crippen molar-refractivity contribution in [2.24, 2.45) is 0 Å². The highest BCUT2D eigenvalue weighted by atomic mass is 32.2. The minimum Gasteiger partial charge on any atom is -0.494 e. The van der Waals surface area contributed by atoms with Crippen molar-refractivity contribution in [3.63, 3.8) is 0 Å². The third-order valence-electron chi connectivity index (χ3n) is 4.94. The van der Waals surface area contributed by atoms with E-state index in [0.717, 1.165) is 39.4 Å². The molecule has 0 saturated carbocycles. The van der Waals surface area contributed by atoms with Crippen molar-refractivity contribution in [1.82, 2.24) is 4.98 Å². The van der Waals surface area contributed by atoms with E-state index in [2.05, 4.69) is 10.0 Å². The Hall–Kier alpha value is -3.72. The zero-order valence-electron chi connectivity index (χ0n) is 16.8. The molecule has 0 amide bonds. The number of hydrogen-bond acceptors (Lipinski definition) is 7. The van der Waals surface area contributed by atoms with Gasteiger partial charge in [0.15, 0.2) is 11.5 Å². The third-order valence-corrected chi connectivity index (χ3v) is 5.53. The summed E-state index contributed by atoms with van der Waals surface area (Å²) in [5.41, 5.74) is 3.55. The highest BCUT2D eigenvalue weighted by Gasteiger charge is 2.19. The van der Waals surface area contributed by atoms with Crippen LogP contribution in [-0.2, 0) is 10.0 Å². The Morgan fingerprint density at radius 3 is 2.52 bits per heavy atom. The molecule has 2 N–H and O–H groups in total. The van der Waals surface area contributed by atoms with Gasteiger partial charge in [0.2, 0.25) is 16.8 Å². The minimum atomic E-state index is -3.43. The molecule has 1 aromatic heterocycles. The summed E-state index contributed by atoms with van der Waals surface area (Å²) >= 11 is 0. The number of rotatable bonds is 5. The summed E-state index contributed by atoms with van der Waals surface area (Å²) in [7, 11) is -1.94. The number of nitrogens with zero attached hydrogens (tertiary/aromatic N) is 1. The van der Waals surface area contributed by atoms with Gasteiger partial charge in [-0.05, 0) is 24.3 Å². The lowest BCUT2D eigenvalue weighted by Crippen LogP contribution is -2.10. The lowest BCUT2D eigenvalue weighted by atomic mass is 10.1. The van der Waals surface area contributed by atoms with E-state index >= 15 is 0 Å². The normalized spacial score (nSPS) is 12.8. The molecule has 5 rings (SSSR count). The first-order chi connectivity index (χ1) is 14.9. The number of aromatic nitrogens is 1. The number of benzene rings is 3. The van der Waals surface area contributed by atoms with Gasteiger partial charge in [-0.2, -0.15) is 0 Å². The molecule has 0 atom stereocenters. The Kier molecular flexibility index (Phi) is 4.48. The number of fused-ring (bicyclic) bond motifs is 3. The maximum absolute atomic E-state index is 11.6. The van der Waals surface area contributed by atoms with E-state index in [-0.39, 0.29) is 6.79 Å². The van der Waals surface area contributed by atoms with Crippen molar-refractivity contribution < 1.29 is 22.6 Å². The van der Waals surface area contributed by atoms with Crippen LogP contribution in [0, 0.1) is 0 Å². The fourth-order valence-electron chi connectivity index (χ4n) is 3.61. The molecule has 0 spiro atoms. The number of hydrogen-bond donors (Lipinski definition) is 2. The summed E-state index contributed by atoms with van der Waals surface area (Å²) in [4.78, 5) is 4.77. The predicted octanol–water partition coefficient (Wildman–Crippen LogP) is 4.24. The standard InChI is InChI=1S/C22H19N3O5S/c1-28-19-9-13(7-8-17(19)25-31(2,26)27)23-22-14-5-3-4-6-16(14)24-18-11-21-20(10-15(18)22)29-12-30-21/h3-11,25H,12H2,1-2H3,(H,23,24). The fourth-order valence-corrected chi connectivity index (χ4v) is 4.18. The van der Waals surface area contributed by atoms with Gasteiger partial charge in [-0.1, -0.05) is 18.2 Å². The maximum Gasteiger partial charge on any atom is 0.231 e. The molecule has 8 nitrogen and oxygen atoms in total. The SMILES string of the molecule is COc1cc(Nc2c3ccccc3nc3cc4c(cc23)OCO4)ccc1NS(C)(=O)=O. The Bertz CT molecular complexity index is 1440. The predicted molar refractivity (Wildman–Crippen MR) is 120 cm³/mol. The fraction of sp³-hybridized carbons (Fsp3) is 0.136. The molecule has 0 saturated heterocycles. The van der Waals surface area contributed by atoms with Crippen LogP contribution in [0.3, 0.4) is 0 Å². The van der Waals surface area contributed by atoms with Crippen LogP contribution in [-0.4, -0.2) is 33.6 Å². The highest BCUT2D eigenvalue weighted by Crippen LogP contribution is 2.41. The van der Waals surface area contributed by atoms with Crippen molar-refractivity contribution in [1.29, 1.82) is 0 Å². The van der Waals surface area contributed by atoms with Gasteiger partial charge in [0.1, 0.15) is 5.75 Å². The summed E-state index contributed by atoms with van der Waals surface area (Å²) in [5.74, 6) is 1.73. The highest BCUT2D eigenvalue weighted by molar-refractivity contribution is 7.92. The van der Waals surface area contributed by atoms with E-state index in [9.17, 15) is 8.42 Å². The molecule has 9 heteroatoms. The number of ether oxygens (including phenoxy) is 3. The average Bonchev–Trinajstić information content (AvgIpc) is 3.19. The van der Waals surface area contributed by atoms with Gasteiger partial charge in [-0.15, -0.1) is 0 Å². The Labute approximate surface area is 178 Å². The molecule has 0 aliphatic carbocycles. The van der Waals surface area contributed by atoms with E-state index in [1.54, 1.807) is 18.2 Å². The van der Waals surface area contributed by atoms with Crippen molar-refractivity contribution in [2.75, 3.05) is 30.2 Å². The molecule has 2 heterocycles. The summed E-state index contributed by atoms with van der Waals surface area (Å²) in [6, 6.07) is 16.8. The summed E-state index contributed by atoms with van der Waals surface area (Å²) in [6.07, 6.45) is 1.10. The summed E-state index contributed by atoms with van der Waals surface area (Å²) in [5, 5.41) is 5.26. The zero-order valence-corrected chi connectivity index (χ0v) is 17.6. The molecule has 31 heavy (non-hydrogen) atoms. The van der Waals surface area contributed by atoms with Crippen LogP contribution in [0.1, 0.15) is 0 Å². The van der Waals surface area contributed by atoms with E-state index < -0.39 is 10.0 Å². The van der Waals surface area contributed by atoms with Crippen LogP contribution in [0.25, 0.3) is 21.8 Å². The number of methoxy groups -OCH3 is 1. The molecule has 0 unspecified atom stereocenters. The second kappa shape index (κ2) is 7.21. The smallest absolute Gasteiger partial charge is 0.231 e. The van der Waals surface area contributed by atoms with Gasteiger partial charge in [0, 0.05) is 28.6 Å². The minimum absolute atomic E-state index is 0.180. The van der Waals surface area contributed by atoms with Crippen molar-refractivity contribution in [3.8, 4) is 17.2 Å². The van der Waals surface area contributed by atoms with Crippen LogP contribution in [0.5, 0.6) is 17.2 Å². The maximum atomic E-state index is 11.6. The van der Waals surface area contributed by atoms with Gasteiger partial charge >= 0.3 is 0 Å². The van der Waals surface area contributed by atoms with E-state index in [1.807, 2.05) is 36.4 Å². The molecule has 0 radical (unpaired) electrons. The van der Waals surface area contributed by atoms with Crippen LogP contribution in [0.2, 0.25) is 0 Å². The number of nitrogens with one attached hydrogen (secondary N) is 2. The topological polar surface area (TPSA) is 98.8 Å². The number of anilines is 3. The van der Waals surface area contributed by atoms with Gasteiger partial charge in [0.25, 0.3) is 0 Å². The summed E-state index contributed by atoms with van der Waals surface area (Å²) < 4.78 is 42.2. The van der Waals surface area contributed by atoms with Gasteiger partial charge in [-0.3, -0.25) is 4.72 Å². The zero-order chi connectivity index (χ0) is 21.6. The van der Waals surface area contributed by atoms with E-state index in [1.165, 1.54) is 7.11 Å². The lowest BCUT2D eigenvalue weighted by Gasteiger charge is -2.16. The first-order valence-corrected chi connectivity index (χ1v) is 11.4. The lowest BCUT2D eigenvalue weighted by molar-refractivity contribution is 0.174. The van der Waals surface area contributed by atoms with Gasteiger partial charge in [-0.25, -0.2) is 13.4 Å². The Morgan fingerprint density at radius 2 is 1.74 bits per heavy atom. The second-order valence-corrected chi connectivity index (χ2v) is 8.89. The molecule has 1 aliphatic heterocycles. The Balaban J connectivity index is 1.65. The quantitative estimate of drug-likeness (QED) is 0.451. The molecule has 158 valence electrons. The molecule has 3 aromatic carbocycles. The molecule has 1 aliphatic rings. The molecular formula is C22H19N3O5S. The first kappa shape index (κ1) is 19.3. The van der Waals surface area contributed by atoms with Crippen molar-refractivity contribution in [3.05, 3.63) is 54.6 Å². The largest absolute Gasteiger partial charge is 0.494 e. The molecule has 0 bridgehead atoms. The second-order valence-electron chi connectivity index (χ2n) is 7.14. The summed E-state index contributed by atoms with van der Waals surface area (Å²) in [6.45, 7) is 0.180. The first-order valence-electron chi connectivity index (χ1n) is 9.46. The van der Waals surface area contributed by atoms with Gasteiger partial charge in [0.05, 0.1) is 35.8 Å². The van der Waals surface area contributed by atoms with E-state index in [0.29, 0.717) is 22.9 Å². The van der Waals surface area contributed by atoms with Crippen LogP contribution < -0.4 is 24.2 Å². The number of para-hydroxylation sites is 1. The van der Waals surface area contributed by atoms with Crippen molar-refractivity contribution >= 4 is 48.9 Å². The van der Waals surface area contributed by atoms with Crippen molar-refractivity contribution in [2.45, 2.75) is 0 Å². The van der Waals surface area contributed by atoms with Gasteiger partial charge < -0.3 is 19.5 Å². The Morgan fingerprint density at radius 1 is 0.968 bits per heavy atom. The molecule has 0 fully saturated rings. The number of pyridine rings is 1. The monoisotopic (exact) mass is 437 g/mol. The van der Waals surface area contributed by atoms with Crippen LogP contribution in [0.4, 0.5) is 17.1 Å². The van der Waals surface area contributed by atoms with Crippen LogP contribution >= 0.6 is 0 Å². The van der Waals surface area contributed by atoms with Crippen LogP contribution in [0.15, 0.2) is 54.6 Å². The molecule has 4 aromatic rings. The third kappa shape index (κ3) is 3.64. The average molecular weight is 437 g/mol. The van der Waals surface area contributed by atoms with E-state index in [4.69, 9.17) is 19.2 Å². The number of sulfonamides is 1. The molecular weight excluding hydrogens is 418 g/mol.